The molecule has 0 fully saturated rings. The van der Waals surface area contributed by atoms with Crippen LogP contribution in [0.15, 0.2) is 6.07 Å². The highest BCUT2D eigenvalue weighted by atomic mass is 79.9. The number of hydrogen-bond donors (Lipinski definition) is 0. The summed E-state index contributed by atoms with van der Waals surface area (Å²) in [4.78, 5) is 13.9. The summed E-state index contributed by atoms with van der Waals surface area (Å²) in [5.74, 6) is -1.18. The van der Waals surface area contributed by atoms with Crippen molar-refractivity contribution in [1.29, 1.82) is 0 Å². The lowest BCUT2D eigenvalue weighted by Crippen LogP contribution is -2.20. The van der Waals surface area contributed by atoms with Gasteiger partial charge in [-0.25, -0.2) is 13.8 Å². The van der Waals surface area contributed by atoms with Gasteiger partial charge < -0.3 is 4.74 Å². The Hall–Kier alpha value is -1.25. The molecule has 0 unspecified atom stereocenters. The van der Waals surface area contributed by atoms with E-state index in [0.29, 0.717) is 0 Å². The predicted molar refractivity (Wildman–Crippen MR) is 53.9 cm³/mol. The second kappa shape index (κ2) is 5.59. The van der Waals surface area contributed by atoms with E-state index in [1.54, 1.807) is 0 Å². The molecule has 0 bridgehead atoms. The molecule has 9 heteroatoms. The molecule has 0 radical (unpaired) electrons. The van der Waals surface area contributed by atoms with Crippen LogP contribution in [0.1, 0.15) is 28.0 Å². The summed E-state index contributed by atoms with van der Waals surface area (Å²) >= 11 is 2.87. The van der Waals surface area contributed by atoms with Crippen LogP contribution in [-0.2, 0) is 5.33 Å². The molecule has 0 spiro atoms. The normalized spacial score (nSPS) is 11.7. The first kappa shape index (κ1) is 14.8. The molecule has 0 aromatic carbocycles. The van der Waals surface area contributed by atoms with Gasteiger partial charge >= 0.3 is 6.36 Å². The Morgan fingerprint density at radius 2 is 2.06 bits per heavy atom. The van der Waals surface area contributed by atoms with Crippen molar-refractivity contribution in [2.24, 2.45) is 0 Å². The van der Waals surface area contributed by atoms with E-state index >= 15 is 0 Å². The SMILES string of the molecule is O=Cc1c(C(F)F)cc(CBr)nc1OC(F)(F)F. The lowest BCUT2D eigenvalue weighted by Gasteiger charge is -2.13. The van der Waals surface area contributed by atoms with Gasteiger partial charge in [0.2, 0.25) is 5.88 Å². The summed E-state index contributed by atoms with van der Waals surface area (Å²) < 4.78 is 64.8. The number of carbonyl (C=O) groups excluding carboxylic acids is 1. The zero-order valence-corrected chi connectivity index (χ0v) is 10.1. The minimum absolute atomic E-state index is 0.0555. The number of aromatic nitrogens is 1. The number of nitrogens with zero attached hydrogens (tertiary/aromatic N) is 1. The number of hydrogen-bond acceptors (Lipinski definition) is 3. The molecule has 1 aromatic rings. The topological polar surface area (TPSA) is 39.2 Å². The third kappa shape index (κ3) is 3.62. The van der Waals surface area contributed by atoms with Gasteiger partial charge in [-0.05, 0) is 6.07 Å². The van der Waals surface area contributed by atoms with Gasteiger partial charge in [-0.3, -0.25) is 4.79 Å². The van der Waals surface area contributed by atoms with Gasteiger partial charge in [0, 0.05) is 10.9 Å². The lowest BCUT2D eigenvalue weighted by atomic mass is 10.1. The molecule has 0 amide bonds. The number of carbonyl (C=O) groups is 1. The van der Waals surface area contributed by atoms with Gasteiger partial charge in [-0.2, -0.15) is 0 Å². The maximum atomic E-state index is 12.6. The van der Waals surface area contributed by atoms with Gasteiger partial charge in [-0.15, -0.1) is 13.2 Å². The van der Waals surface area contributed by atoms with E-state index < -0.39 is 29.8 Å². The molecule has 100 valence electrons. The van der Waals surface area contributed by atoms with E-state index in [1.807, 2.05) is 0 Å². The van der Waals surface area contributed by atoms with Crippen molar-refractivity contribution in [3.63, 3.8) is 0 Å². The van der Waals surface area contributed by atoms with Crippen LogP contribution < -0.4 is 4.74 Å². The van der Waals surface area contributed by atoms with Crippen molar-refractivity contribution >= 4 is 22.2 Å². The minimum atomic E-state index is -5.12. The summed E-state index contributed by atoms with van der Waals surface area (Å²) in [5.41, 5.74) is -1.86. The molecular formula is C9H5BrF5NO2. The Labute approximate surface area is 106 Å². The summed E-state index contributed by atoms with van der Waals surface area (Å²) in [6.07, 6.45) is -8.37. The van der Waals surface area contributed by atoms with Crippen LogP contribution in [0.3, 0.4) is 0 Å². The van der Waals surface area contributed by atoms with Crippen molar-refractivity contribution < 1.29 is 31.5 Å². The molecule has 0 N–H and O–H groups in total. The Morgan fingerprint density at radius 1 is 1.44 bits per heavy atom. The summed E-state index contributed by atoms with van der Waals surface area (Å²) in [6.45, 7) is 0. The third-order valence-corrected chi connectivity index (χ3v) is 2.39. The van der Waals surface area contributed by atoms with E-state index in [4.69, 9.17) is 0 Å². The summed E-state index contributed by atoms with van der Waals surface area (Å²) in [7, 11) is 0. The van der Waals surface area contributed by atoms with Crippen LogP contribution in [0.4, 0.5) is 22.0 Å². The van der Waals surface area contributed by atoms with Gasteiger partial charge in [0.25, 0.3) is 6.43 Å². The van der Waals surface area contributed by atoms with Crippen LogP contribution in [0.25, 0.3) is 0 Å². The maximum Gasteiger partial charge on any atom is 0.574 e. The Kier molecular flexibility index (Phi) is 4.60. The molecule has 0 saturated carbocycles. The first-order chi connectivity index (χ1) is 8.28. The number of pyridine rings is 1. The fourth-order valence-corrected chi connectivity index (χ4v) is 1.45. The molecule has 0 aliphatic rings. The molecule has 0 atom stereocenters. The van der Waals surface area contributed by atoms with E-state index in [0.717, 1.165) is 6.07 Å². The summed E-state index contributed by atoms with van der Waals surface area (Å²) in [6, 6.07) is 0.840. The molecule has 3 nitrogen and oxygen atoms in total. The van der Waals surface area contributed by atoms with Crippen molar-refractivity contribution in [3.05, 3.63) is 22.9 Å². The lowest BCUT2D eigenvalue weighted by molar-refractivity contribution is -0.276. The number of aldehydes is 1. The van der Waals surface area contributed by atoms with Gasteiger partial charge in [0.05, 0.1) is 11.3 Å². The zero-order chi connectivity index (χ0) is 13.9. The highest BCUT2D eigenvalue weighted by Crippen LogP contribution is 2.31. The smallest absolute Gasteiger partial charge is 0.387 e. The van der Waals surface area contributed by atoms with Crippen LogP contribution in [0.5, 0.6) is 5.88 Å². The van der Waals surface area contributed by atoms with Crippen molar-refractivity contribution in [2.45, 2.75) is 18.1 Å². The largest absolute Gasteiger partial charge is 0.574 e. The van der Waals surface area contributed by atoms with Gasteiger partial charge in [0.15, 0.2) is 6.29 Å². The van der Waals surface area contributed by atoms with Crippen LogP contribution in [0.2, 0.25) is 0 Å². The fraction of sp³-hybridized carbons (Fsp3) is 0.333. The quantitative estimate of drug-likeness (QED) is 0.480. The van der Waals surface area contributed by atoms with Crippen molar-refractivity contribution in [3.8, 4) is 5.88 Å². The molecule has 1 aromatic heterocycles. The average molecular weight is 334 g/mol. The zero-order valence-electron chi connectivity index (χ0n) is 8.47. The monoisotopic (exact) mass is 333 g/mol. The predicted octanol–water partition coefficient (Wildman–Crippen LogP) is 3.63. The molecule has 0 saturated heterocycles. The maximum absolute atomic E-state index is 12.6. The number of alkyl halides is 6. The molecule has 0 aliphatic carbocycles. The van der Waals surface area contributed by atoms with Crippen LogP contribution >= 0.6 is 15.9 Å². The third-order valence-electron chi connectivity index (χ3n) is 1.81. The Bertz CT molecular complexity index is 449. The molecule has 18 heavy (non-hydrogen) atoms. The highest BCUT2D eigenvalue weighted by Gasteiger charge is 2.34. The Morgan fingerprint density at radius 3 is 2.44 bits per heavy atom. The second-order valence-corrected chi connectivity index (χ2v) is 3.58. The van der Waals surface area contributed by atoms with E-state index in [2.05, 4.69) is 25.7 Å². The van der Waals surface area contributed by atoms with E-state index in [-0.39, 0.29) is 17.3 Å². The van der Waals surface area contributed by atoms with Crippen molar-refractivity contribution in [1.82, 2.24) is 4.98 Å². The Balaban J connectivity index is 3.37. The number of rotatable bonds is 4. The average Bonchev–Trinajstić information content (AvgIpc) is 2.25. The van der Waals surface area contributed by atoms with Crippen LogP contribution in [-0.4, -0.2) is 17.6 Å². The van der Waals surface area contributed by atoms with Gasteiger partial charge in [-0.1, -0.05) is 15.9 Å². The van der Waals surface area contributed by atoms with Gasteiger partial charge in [0.1, 0.15) is 0 Å². The number of ether oxygens (including phenoxy) is 1. The van der Waals surface area contributed by atoms with E-state index in [9.17, 15) is 26.7 Å². The first-order valence-electron chi connectivity index (χ1n) is 4.37. The summed E-state index contributed by atoms with van der Waals surface area (Å²) in [5, 5.41) is -0.0555. The second-order valence-electron chi connectivity index (χ2n) is 3.02. The minimum Gasteiger partial charge on any atom is -0.387 e. The number of halogens is 6. The highest BCUT2D eigenvalue weighted by molar-refractivity contribution is 9.08. The van der Waals surface area contributed by atoms with E-state index in [1.165, 1.54) is 0 Å². The molecule has 1 rings (SSSR count). The molecule has 1 heterocycles. The van der Waals surface area contributed by atoms with Crippen molar-refractivity contribution in [2.75, 3.05) is 0 Å². The van der Waals surface area contributed by atoms with Crippen LogP contribution in [0, 0.1) is 0 Å². The molecule has 0 aliphatic heterocycles. The standard InChI is InChI=1S/C9H5BrF5NO2/c10-2-4-1-5(7(11)12)6(3-17)8(16-4)18-9(13,14)15/h1,3,7H,2H2. The first-order valence-corrected chi connectivity index (χ1v) is 5.49. The molecular weight excluding hydrogens is 329 g/mol. The fourth-order valence-electron chi connectivity index (χ4n) is 1.16.